The Bertz CT molecular complexity index is 583. The summed E-state index contributed by atoms with van der Waals surface area (Å²) in [4.78, 5) is 0. The SMILES string of the molecule is Cc1cc(CO)cc(C)c1OCc1c(F)cccc1Cl. The summed E-state index contributed by atoms with van der Waals surface area (Å²) in [5, 5.41) is 9.50. The molecule has 0 bridgehead atoms. The van der Waals surface area contributed by atoms with E-state index in [9.17, 15) is 4.39 Å². The van der Waals surface area contributed by atoms with Crippen LogP contribution in [-0.4, -0.2) is 5.11 Å². The Morgan fingerprint density at radius 3 is 2.40 bits per heavy atom. The van der Waals surface area contributed by atoms with Crippen LogP contribution in [0.1, 0.15) is 22.3 Å². The number of rotatable bonds is 4. The van der Waals surface area contributed by atoms with Gasteiger partial charge in [0.2, 0.25) is 0 Å². The molecule has 0 saturated carbocycles. The molecule has 0 spiro atoms. The molecule has 0 aliphatic rings. The summed E-state index contributed by atoms with van der Waals surface area (Å²) < 4.78 is 19.4. The molecule has 0 radical (unpaired) electrons. The third-order valence-corrected chi connectivity index (χ3v) is 3.48. The van der Waals surface area contributed by atoms with E-state index in [2.05, 4.69) is 0 Å². The van der Waals surface area contributed by atoms with Crippen LogP contribution in [0.25, 0.3) is 0 Å². The lowest BCUT2D eigenvalue weighted by Crippen LogP contribution is -2.02. The van der Waals surface area contributed by atoms with Gasteiger partial charge >= 0.3 is 0 Å². The molecule has 0 saturated heterocycles. The van der Waals surface area contributed by atoms with Gasteiger partial charge in [0, 0.05) is 5.56 Å². The van der Waals surface area contributed by atoms with Crippen molar-refractivity contribution in [1.82, 2.24) is 0 Å². The van der Waals surface area contributed by atoms with Crippen molar-refractivity contribution in [3.05, 3.63) is 63.4 Å². The minimum atomic E-state index is -0.375. The summed E-state index contributed by atoms with van der Waals surface area (Å²) in [5.74, 6) is 0.321. The van der Waals surface area contributed by atoms with Crippen molar-refractivity contribution in [3.63, 3.8) is 0 Å². The van der Waals surface area contributed by atoms with E-state index in [1.807, 2.05) is 26.0 Å². The Balaban J connectivity index is 2.23. The number of ether oxygens (including phenoxy) is 1. The fraction of sp³-hybridized carbons (Fsp3) is 0.250. The third-order valence-electron chi connectivity index (χ3n) is 3.13. The molecular weight excluding hydrogens is 279 g/mol. The molecule has 2 nitrogen and oxygen atoms in total. The van der Waals surface area contributed by atoms with Crippen LogP contribution in [0.3, 0.4) is 0 Å². The molecule has 106 valence electrons. The second-order valence-electron chi connectivity index (χ2n) is 4.71. The minimum Gasteiger partial charge on any atom is -0.488 e. The first-order chi connectivity index (χ1) is 9.52. The summed E-state index contributed by atoms with van der Waals surface area (Å²) in [6.07, 6.45) is 0. The molecule has 0 amide bonds. The van der Waals surface area contributed by atoms with Crippen molar-refractivity contribution in [2.24, 2.45) is 0 Å². The number of aliphatic hydroxyl groups is 1. The standard InChI is InChI=1S/C16H16ClFO2/c1-10-6-12(8-19)7-11(2)16(10)20-9-13-14(17)4-3-5-15(13)18/h3-7,19H,8-9H2,1-2H3. The van der Waals surface area contributed by atoms with Crippen LogP contribution in [-0.2, 0) is 13.2 Å². The van der Waals surface area contributed by atoms with Gasteiger partial charge in [0.05, 0.1) is 11.6 Å². The second-order valence-corrected chi connectivity index (χ2v) is 5.11. The van der Waals surface area contributed by atoms with E-state index in [0.717, 1.165) is 16.7 Å². The van der Waals surface area contributed by atoms with E-state index in [-0.39, 0.29) is 19.0 Å². The molecule has 1 N–H and O–H groups in total. The molecule has 4 heteroatoms. The van der Waals surface area contributed by atoms with E-state index < -0.39 is 0 Å². The van der Waals surface area contributed by atoms with Crippen LogP contribution in [0.4, 0.5) is 4.39 Å². The number of hydrogen-bond donors (Lipinski definition) is 1. The first-order valence-electron chi connectivity index (χ1n) is 6.29. The van der Waals surface area contributed by atoms with Crippen molar-refractivity contribution in [2.75, 3.05) is 0 Å². The number of benzene rings is 2. The van der Waals surface area contributed by atoms with Crippen LogP contribution in [0.5, 0.6) is 5.75 Å². The van der Waals surface area contributed by atoms with Crippen molar-refractivity contribution < 1.29 is 14.2 Å². The smallest absolute Gasteiger partial charge is 0.131 e. The highest BCUT2D eigenvalue weighted by Crippen LogP contribution is 2.27. The zero-order valence-electron chi connectivity index (χ0n) is 11.4. The molecule has 2 rings (SSSR count). The fourth-order valence-electron chi connectivity index (χ4n) is 2.17. The largest absolute Gasteiger partial charge is 0.488 e. The molecule has 0 unspecified atom stereocenters. The minimum absolute atomic E-state index is 0.0128. The molecule has 0 aliphatic carbocycles. The van der Waals surface area contributed by atoms with Gasteiger partial charge in [0.1, 0.15) is 18.2 Å². The first-order valence-corrected chi connectivity index (χ1v) is 6.67. The maximum Gasteiger partial charge on any atom is 0.131 e. The lowest BCUT2D eigenvalue weighted by molar-refractivity contribution is 0.279. The summed E-state index contributed by atoms with van der Waals surface area (Å²) >= 11 is 5.97. The highest BCUT2D eigenvalue weighted by Gasteiger charge is 2.11. The van der Waals surface area contributed by atoms with E-state index in [0.29, 0.717) is 16.3 Å². The van der Waals surface area contributed by atoms with E-state index in [1.165, 1.54) is 6.07 Å². The van der Waals surface area contributed by atoms with Gasteiger partial charge in [0.15, 0.2) is 0 Å². The quantitative estimate of drug-likeness (QED) is 0.917. The van der Waals surface area contributed by atoms with Crippen LogP contribution in [0.15, 0.2) is 30.3 Å². The van der Waals surface area contributed by atoms with E-state index in [4.69, 9.17) is 21.4 Å². The van der Waals surface area contributed by atoms with Crippen LogP contribution in [0, 0.1) is 19.7 Å². The van der Waals surface area contributed by atoms with E-state index in [1.54, 1.807) is 12.1 Å². The van der Waals surface area contributed by atoms with Crippen LogP contribution < -0.4 is 4.74 Å². The maximum absolute atomic E-state index is 13.7. The molecule has 2 aromatic rings. The lowest BCUT2D eigenvalue weighted by atomic mass is 10.1. The van der Waals surface area contributed by atoms with Gasteiger partial charge in [-0.15, -0.1) is 0 Å². The Morgan fingerprint density at radius 1 is 1.20 bits per heavy atom. The Hall–Kier alpha value is -1.58. The zero-order chi connectivity index (χ0) is 14.7. The fourth-order valence-corrected chi connectivity index (χ4v) is 2.39. The molecule has 0 heterocycles. The van der Waals surface area contributed by atoms with Gasteiger partial charge in [-0.05, 0) is 42.7 Å². The normalized spacial score (nSPS) is 10.7. The maximum atomic E-state index is 13.7. The summed E-state index contributed by atoms with van der Waals surface area (Å²) in [5.41, 5.74) is 2.98. The monoisotopic (exact) mass is 294 g/mol. The van der Waals surface area contributed by atoms with Gasteiger partial charge in [-0.25, -0.2) is 4.39 Å². The average molecular weight is 295 g/mol. The van der Waals surface area contributed by atoms with Gasteiger partial charge < -0.3 is 9.84 Å². The lowest BCUT2D eigenvalue weighted by Gasteiger charge is -2.14. The van der Waals surface area contributed by atoms with Crippen molar-refractivity contribution in [3.8, 4) is 5.75 Å². The van der Waals surface area contributed by atoms with Crippen molar-refractivity contribution >= 4 is 11.6 Å². The summed E-state index contributed by atoms with van der Waals surface area (Å²) in [6, 6.07) is 8.27. The molecular formula is C16H16ClFO2. The number of hydrogen-bond acceptors (Lipinski definition) is 2. The molecule has 0 atom stereocenters. The van der Waals surface area contributed by atoms with Gasteiger partial charge in [-0.3, -0.25) is 0 Å². The molecule has 20 heavy (non-hydrogen) atoms. The first kappa shape index (κ1) is 14.8. The molecule has 0 fully saturated rings. The molecule has 0 aromatic heterocycles. The molecule has 2 aromatic carbocycles. The van der Waals surface area contributed by atoms with Crippen LogP contribution in [0.2, 0.25) is 5.02 Å². The second kappa shape index (κ2) is 6.25. The number of aliphatic hydroxyl groups excluding tert-OH is 1. The topological polar surface area (TPSA) is 29.5 Å². The van der Waals surface area contributed by atoms with Crippen molar-refractivity contribution in [2.45, 2.75) is 27.1 Å². The Labute approximate surface area is 122 Å². The van der Waals surface area contributed by atoms with Gasteiger partial charge in [-0.1, -0.05) is 29.8 Å². The summed E-state index contributed by atoms with van der Waals surface area (Å²) in [7, 11) is 0. The summed E-state index contributed by atoms with van der Waals surface area (Å²) in [6.45, 7) is 3.85. The van der Waals surface area contributed by atoms with Gasteiger partial charge in [-0.2, -0.15) is 0 Å². The predicted molar refractivity (Wildman–Crippen MR) is 77.6 cm³/mol. The Kier molecular flexibility index (Phi) is 4.63. The highest BCUT2D eigenvalue weighted by molar-refractivity contribution is 6.31. The highest BCUT2D eigenvalue weighted by atomic mass is 35.5. The van der Waals surface area contributed by atoms with Crippen LogP contribution >= 0.6 is 11.6 Å². The predicted octanol–water partition coefficient (Wildman–Crippen LogP) is 4.17. The molecule has 0 aliphatic heterocycles. The zero-order valence-corrected chi connectivity index (χ0v) is 12.2. The number of halogens is 2. The van der Waals surface area contributed by atoms with E-state index >= 15 is 0 Å². The number of aryl methyl sites for hydroxylation is 2. The van der Waals surface area contributed by atoms with Crippen molar-refractivity contribution in [1.29, 1.82) is 0 Å². The Morgan fingerprint density at radius 2 is 1.85 bits per heavy atom. The van der Waals surface area contributed by atoms with Gasteiger partial charge in [0.25, 0.3) is 0 Å². The third kappa shape index (κ3) is 3.11. The average Bonchev–Trinajstić information content (AvgIpc) is 2.40.